The number of amidine groups is 2. The highest BCUT2D eigenvalue weighted by atomic mass is 35.5. The Hall–Kier alpha value is -2.33. The third kappa shape index (κ3) is 2.04. The van der Waals surface area contributed by atoms with E-state index in [1.54, 1.807) is 13.1 Å². The molecule has 100 valence electrons. The molecule has 1 aromatic heterocycles. The first-order chi connectivity index (χ1) is 9.70. The van der Waals surface area contributed by atoms with Crippen LogP contribution in [0.25, 0.3) is 21.9 Å². The van der Waals surface area contributed by atoms with Crippen LogP contribution in [-0.2, 0) is 0 Å². The third-order valence-electron chi connectivity index (χ3n) is 3.08. The molecule has 0 aliphatic carbocycles. The molecule has 0 saturated heterocycles. The normalized spacial score (nSPS) is 12.0. The molecule has 4 nitrogen and oxygen atoms in total. The van der Waals surface area contributed by atoms with E-state index in [2.05, 4.69) is 10.3 Å². The Balaban J connectivity index is 2.24. The molecule has 0 aliphatic rings. The number of halogens is 1. The molecule has 3 aromatic rings. The minimum absolute atomic E-state index is 0.0639. The van der Waals surface area contributed by atoms with Gasteiger partial charge >= 0.3 is 0 Å². The fraction of sp³-hybridized carbons (Fsp3) is 0.0667. The smallest absolute Gasteiger partial charge is 0.197 e. The van der Waals surface area contributed by atoms with Crippen molar-refractivity contribution in [3.05, 3.63) is 48.0 Å². The van der Waals surface area contributed by atoms with E-state index in [1.807, 2.05) is 36.4 Å². The molecule has 3 rings (SSSR count). The first-order valence-electron chi connectivity index (χ1n) is 6.12. The van der Waals surface area contributed by atoms with E-state index < -0.39 is 0 Å². The Morgan fingerprint density at radius 1 is 1.15 bits per heavy atom. The van der Waals surface area contributed by atoms with Gasteiger partial charge in [0, 0.05) is 17.8 Å². The zero-order chi connectivity index (χ0) is 14.1. The van der Waals surface area contributed by atoms with Gasteiger partial charge in [0.05, 0.1) is 5.56 Å². The third-order valence-corrected chi connectivity index (χ3v) is 3.35. The molecular formula is C15H12ClN3O. The molecule has 0 unspecified atom stereocenters. The topological polar surface area (TPSA) is 61.4 Å². The van der Waals surface area contributed by atoms with Crippen LogP contribution in [0, 0.1) is 5.41 Å². The average Bonchev–Trinajstić information content (AvgIpc) is 2.85. The first kappa shape index (κ1) is 12.7. The van der Waals surface area contributed by atoms with Crippen molar-refractivity contribution in [2.24, 2.45) is 4.99 Å². The van der Waals surface area contributed by atoms with E-state index >= 15 is 0 Å². The molecular weight excluding hydrogens is 274 g/mol. The summed E-state index contributed by atoms with van der Waals surface area (Å²) in [5.41, 5.74) is 2.07. The van der Waals surface area contributed by atoms with Crippen molar-refractivity contribution in [1.82, 2.24) is 5.32 Å². The second-order valence-electron chi connectivity index (χ2n) is 4.28. The lowest BCUT2D eigenvalue weighted by Gasteiger charge is -2.01. The molecule has 5 heteroatoms. The Kier molecular flexibility index (Phi) is 3.16. The maximum atomic E-state index is 8.05. The summed E-state index contributed by atoms with van der Waals surface area (Å²) in [7, 11) is 1.65. The Bertz CT molecular complexity index is 835. The van der Waals surface area contributed by atoms with Crippen molar-refractivity contribution in [2.45, 2.75) is 0 Å². The summed E-state index contributed by atoms with van der Waals surface area (Å²) in [4.78, 5) is 3.98. The number of nitrogens with zero attached hydrogens (tertiary/aromatic N) is 1. The van der Waals surface area contributed by atoms with E-state index in [1.165, 1.54) is 0 Å². The van der Waals surface area contributed by atoms with Gasteiger partial charge in [-0.15, -0.1) is 0 Å². The van der Waals surface area contributed by atoms with Crippen molar-refractivity contribution in [1.29, 1.82) is 5.41 Å². The van der Waals surface area contributed by atoms with Crippen molar-refractivity contribution in [3.8, 4) is 0 Å². The van der Waals surface area contributed by atoms with Crippen LogP contribution in [0.4, 0.5) is 0 Å². The fourth-order valence-corrected chi connectivity index (χ4v) is 2.23. The van der Waals surface area contributed by atoms with Crippen LogP contribution >= 0.6 is 11.6 Å². The predicted octanol–water partition coefficient (Wildman–Crippen LogP) is 3.73. The number of benzene rings is 2. The molecule has 0 spiro atoms. The summed E-state index contributed by atoms with van der Waals surface area (Å²) in [5.74, 6) is 0.0639. The second-order valence-corrected chi connectivity index (χ2v) is 4.64. The monoisotopic (exact) mass is 285 g/mol. The molecule has 0 bridgehead atoms. The van der Waals surface area contributed by atoms with E-state index in [0.29, 0.717) is 11.1 Å². The number of aliphatic imine (C=N–C) groups is 1. The molecule has 2 N–H and O–H groups in total. The summed E-state index contributed by atoms with van der Waals surface area (Å²) < 4.78 is 5.85. The van der Waals surface area contributed by atoms with Gasteiger partial charge in [0.25, 0.3) is 0 Å². The standard InChI is InChI=1S/C15H12ClN3O/c1-18-15(16)19-14(17)11-7-4-6-10-9-5-2-3-8-12(9)20-13(10)11/h2-8H,1H3,(H2,17,18,19). The quantitative estimate of drug-likeness (QED) is 0.406. The molecule has 2 aromatic carbocycles. The molecule has 0 atom stereocenters. The van der Waals surface area contributed by atoms with Gasteiger partial charge in [0.15, 0.2) is 11.1 Å². The number of nitrogens with one attached hydrogen (secondary N) is 2. The minimum Gasteiger partial charge on any atom is -0.455 e. The van der Waals surface area contributed by atoms with Gasteiger partial charge < -0.3 is 9.73 Å². The summed E-state index contributed by atoms with van der Waals surface area (Å²) in [6.07, 6.45) is 0. The lowest BCUT2D eigenvalue weighted by Crippen LogP contribution is -2.13. The summed E-state index contributed by atoms with van der Waals surface area (Å²) in [6.45, 7) is 0. The van der Waals surface area contributed by atoms with Gasteiger partial charge in [0.2, 0.25) is 0 Å². The van der Waals surface area contributed by atoms with Crippen molar-refractivity contribution < 1.29 is 4.42 Å². The van der Waals surface area contributed by atoms with Gasteiger partial charge in [-0.2, -0.15) is 0 Å². The van der Waals surface area contributed by atoms with E-state index in [9.17, 15) is 0 Å². The molecule has 1 heterocycles. The molecule has 0 saturated carbocycles. The van der Waals surface area contributed by atoms with E-state index in [-0.39, 0.29) is 11.1 Å². The number of hydrogen-bond acceptors (Lipinski definition) is 2. The largest absolute Gasteiger partial charge is 0.455 e. The van der Waals surface area contributed by atoms with Gasteiger partial charge in [-0.1, -0.05) is 30.3 Å². The highest BCUT2D eigenvalue weighted by Crippen LogP contribution is 2.30. The molecule has 0 amide bonds. The Morgan fingerprint density at radius 2 is 1.90 bits per heavy atom. The van der Waals surface area contributed by atoms with Crippen molar-refractivity contribution >= 4 is 44.7 Å². The lowest BCUT2D eigenvalue weighted by atomic mass is 10.1. The van der Waals surface area contributed by atoms with Gasteiger partial charge in [-0.25, -0.2) is 4.99 Å². The van der Waals surface area contributed by atoms with Crippen LogP contribution in [0.15, 0.2) is 51.9 Å². The van der Waals surface area contributed by atoms with Crippen molar-refractivity contribution in [3.63, 3.8) is 0 Å². The second kappa shape index (κ2) is 4.98. The number of rotatable bonds is 1. The molecule has 20 heavy (non-hydrogen) atoms. The number of hydrogen-bond donors (Lipinski definition) is 2. The minimum atomic E-state index is 0.0639. The number of fused-ring (bicyclic) bond motifs is 3. The van der Waals surface area contributed by atoms with Crippen LogP contribution in [-0.4, -0.2) is 18.2 Å². The SMILES string of the molecule is CN/C(Cl)=N\C(=N)c1cccc2c1oc1ccccc12. The summed E-state index contributed by atoms with van der Waals surface area (Å²) in [6, 6.07) is 13.5. The van der Waals surface area contributed by atoms with E-state index in [0.717, 1.165) is 16.4 Å². The van der Waals surface area contributed by atoms with Crippen LogP contribution in [0.2, 0.25) is 0 Å². The summed E-state index contributed by atoms with van der Waals surface area (Å²) in [5, 5.41) is 12.9. The zero-order valence-electron chi connectivity index (χ0n) is 10.8. The van der Waals surface area contributed by atoms with Gasteiger partial charge in [-0.05, 0) is 23.7 Å². The van der Waals surface area contributed by atoms with Crippen LogP contribution in [0.1, 0.15) is 5.56 Å². The Morgan fingerprint density at radius 3 is 2.70 bits per heavy atom. The number of furan rings is 1. The first-order valence-corrected chi connectivity index (χ1v) is 6.49. The molecule has 0 radical (unpaired) electrons. The molecule has 0 aliphatic heterocycles. The van der Waals surface area contributed by atoms with Crippen LogP contribution < -0.4 is 5.32 Å². The van der Waals surface area contributed by atoms with Crippen molar-refractivity contribution in [2.75, 3.05) is 7.05 Å². The number of para-hydroxylation sites is 2. The highest BCUT2D eigenvalue weighted by molar-refractivity contribution is 6.65. The van der Waals surface area contributed by atoms with E-state index in [4.69, 9.17) is 21.4 Å². The maximum Gasteiger partial charge on any atom is 0.197 e. The zero-order valence-corrected chi connectivity index (χ0v) is 11.5. The predicted molar refractivity (Wildman–Crippen MR) is 82.9 cm³/mol. The van der Waals surface area contributed by atoms with Crippen LogP contribution in [0.5, 0.6) is 0 Å². The highest BCUT2D eigenvalue weighted by Gasteiger charge is 2.13. The fourth-order valence-electron chi connectivity index (χ4n) is 2.15. The van der Waals surface area contributed by atoms with Gasteiger partial charge in [-0.3, -0.25) is 5.41 Å². The Labute approximate surface area is 120 Å². The summed E-state index contributed by atoms with van der Waals surface area (Å²) >= 11 is 5.81. The lowest BCUT2D eigenvalue weighted by molar-refractivity contribution is 0.668. The molecule has 0 fully saturated rings. The van der Waals surface area contributed by atoms with Gasteiger partial charge in [0.1, 0.15) is 11.2 Å². The average molecular weight is 286 g/mol. The van der Waals surface area contributed by atoms with Crippen LogP contribution in [0.3, 0.4) is 0 Å². The maximum absolute atomic E-state index is 8.05.